The molecule has 0 amide bonds. The molecule has 0 unspecified atom stereocenters. The Hall–Kier alpha value is -1.32. The first kappa shape index (κ1) is 10.2. The fourth-order valence-corrected chi connectivity index (χ4v) is 2.32. The number of thiophene rings is 1. The number of rotatable bonds is 3. The van der Waals surface area contributed by atoms with Gasteiger partial charge in [0.15, 0.2) is 0 Å². The largest absolute Gasteiger partial charge is 0.497 e. The van der Waals surface area contributed by atoms with Crippen molar-refractivity contribution in [1.29, 1.82) is 0 Å². The van der Waals surface area contributed by atoms with Gasteiger partial charge in [-0.25, -0.2) is 0 Å². The van der Waals surface area contributed by atoms with Crippen LogP contribution in [0.4, 0.5) is 0 Å². The predicted octanol–water partition coefficient (Wildman–Crippen LogP) is 2.88. The first-order valence-corrected chi connectivity index (χ1v) is 5.64. The van der Waals surface area contributed by atoms with Gasteiger partial charge in [-0.3, -0.25) is 0 Å². The highest BCUT2D eigenvalue weighted by atomic mass is 32.1. The molecule has 0 atom stereocenters. The number of hydrogen-bond acceptors (Lipinski definition) is 3. The first-order valence-electron chi connectivity index (χ1n) is 4.76. The summed E-state index contributed by atoms with van der Waals surface area (Å²) in [4.78, 5) is 1.21. The maximum Gasteiger partial charge on any atom is 0.119 e. The topological polar surface area (TPSA) is 35.2 Å². The predicted molar refractivity (Wildman–Crippen MR) is 64.2 cm³/mol. The highest BCUT2D eigenvalue weighted by Gasteiger charge is 2.05. The number of methoxy groups -OCH3 is 1. The van der Waals surface area contributed by atoms with Crippen LogP contribution in [0, 0.1) is 0 Å². The van der Waals surface area contributed by atoms with Crippen molar-refractivity contribution in [2.45, 2.75) is 6.54 Å². The third-order valence-corrected chi connectivity index (χ3v) is 3.25. The zero-order valence-corrected chi connectivity index (χ0v) is 9.38. The molecule has 0 radical (unpaired) electrons. The number of hydrogen-bond donors (Lipinski definition) is 1. The Balaban J connectivity index is 2.44. The molecule has 1 aromatic carbocycles. The molecule has 1 aromatic heterocycles. The van der Waals surface area contributed by atoms with Crippen molar-refractivity contribution in [1.82, 2.24) is 0 Å². The molecule has 2 aromatic rings. The summed E-state index contributed by atoms with van der Waals surface area (Å²) in [5.41, 5.74) is 8.05. The van der Waals surface area contributed by atoms with E-state index in [0.717, 1.165) is 11.3 Å². The van der Waals surface area contributed by atoms with Gasteiger partial charge in [0, 0.05) is 11.4 Å². The molecule has 0 aliphatic heterocycles. The van der Waals surface area contributed by atoms with Crippen molar-refractivity contribution in [2.24, 2.45) is 5.73 Å². The highest BCUT2D eigenvalue weighted by molar-refractivity contribution is 7.10. The summed E-state index contributed by atoms with van der Waals surface area (Å²) in [5, 5.41) is 2.07. The minimum absolute atomic E-state index is 0.588. The molecule has 2 rings (SSSR count). The van der Waals surface area contributed by atoms with Crippen LogP contribution in [0.3, 0.4) is 0 Å². The van der Waals surface area contributed by atoms with Gasteiger partial charge in [-0.1, -0.05) is 12.1 Å². The minimum atomic E-state index is 0.588. The Morgan fingerprint density at radius 3 is 2.93 bits per heavy atom. The Morgan fingerprint density at radius 2 is 2.20 bits per heavy atom. The lowest BCUT2D eigenvalue weighted by Crippen LogP contribution is -1.94. The molecule has 0 saturated heterocycles. The van der Waals surface area contributed by atoms with Crippen molar-refractivity contribution in [2.75, 3.05) is 7.11 Å². The molecule has 0 bridgehead atoms. The molecule has 3 heteroatoms. The second-order valence-corrected chi connectivity index (χ2v) is 4.19. The average Bonchev–Trinajstić information content (AvgIpc) is 2.77. The van der Waals surface area contributed by atoms with Crippen LogP contribution in [0.15, 0.2) is 35.7 Å². The van der Waals surface area contributed by atoms with Crippen molar-refractivity contribution >= 4 is 11.3 Å². The van der Waals surface area contributed by atoms with Gasteiger partial charge in [-0.05, 0) is 34.7 Å². The van der Waals surface area contributed by atoms with Crippen molar-refractivity contribution in [3.8, 4) is 16.9 Å². The lowest BCUT2D eigenvalue weighted by molar-refractivity contribution is 0.415. The second-order valence-electron chi connectivity index (χ2n) is 3.19. The molecule has 78 valence electrons. The molecular formula is C12H13NOS. The van der Waals surface area contributed by atoms with Gasteiger partial charge >= 0.3 is 0 Å². The van der Waals surface area contributed by atoms with Crippen LogP contribution in [0.1, 0.15) is 4.88 Å². The van der Waals surface area contributed by atoms with Crippen LogP contribution >= 0.6 is 11.3 Å². The Morgan fingerprint density at radius 1 is 1.33 bits per heavy atom. The van der Waals surface area contributed by atoms with Crippen LogP contribution < -0.4 is 10.5 Å². The van der Waals surface area contributed by atoms with Gasteiger partial charge in [0.25, 0.3) is 0 Å². The number of nitrogens with two attached hydrogens (primary N) is 1. The normalized spacial score (nSPS) is 10.3. The van der Waals surface area contributed by atoms with E-state index in [-0.39, 0.29) is 0 Å². The summed E-state index contributed by atoms with van der Waals surface area (Å²) < 4.78 is 5.20. The van der Waals surface area contributed by atoms with E-state index in [1.54, 1.807) is 18.4 Å². The smallest absolute Gasteiger partial charge is 0.119 e. The molecule has 2 nitrogen and oxygen atoms in total. The van der Waals surface area contributed by atoms with Gasteiger partial charge in [0.1, 0.15) is 5.75 Å². The van der Waals surface area contributed by atoms with Gasteiger partial charge in [0.05, 0.1) is 7.11 Å². The summed E-state index contributed by atoms with van der Waals surface area (Å²) in [5.74, 6) is 0.877. The first-order chi connectivity index (χ1) is 7.35. The zero-order valence-electron chi connectivity index (χ0n) is 8.57. The minimum Gasteiger partial charge on any atom is -0.497 e. The van der Waals surface area contributed by atoms with Crippen molar-refractivity contribution in [3.05, 3.63) is 40.6 Å². The summed E-state index contributed by atoms with van der Waals surface area (Å²) >= 11 is 1.69. The van der Waals surface area contributed by atoms with Crippen LogP contribution in [-0.4, -0.2) is 7.11 Å². The van der Waals surface area contributed by atoms with Gasteiger partial charge in [-0.15, -0.1) is 11.3 Å². The van der Waals surface area contributed by atoms with Crippen LogP contribution in [0.5, 0.6) is 5.75 Å². The zero-order chi connectivity index (χ0) is 10.7. The van der Waals surface area contributed by atoms with Crippen LogP contribution in [0.2, 0.25) is 0 Å². The molecule has 0 aliphatic rings. The van der Waals surface area contributed by atoms with Gasteiger partial charge in [0.2, 0.25) is 0 Å². The number of ether oxygens (including phenoxy) is 1. The summed E-state index contributed by atoms with van der Waals surface area (Å²) in [6.45, 7) is 0.588. The van der Waals surface area contributed by atoms with E-state index in [4.69, 9.17) is 10.5 Å². The molecule has 15 heavy (non-hydrogen) atoms. The van der Waals surface area contributed by atoms with E-state index >= 15 is 0 Å². The lowest BCUT2D eigenvalue weighted by atomic mass is 10.1. The third-order valence-electron chi connectivity index (χ3n) is 2.31. The van der Waals surface area contributed by atoms with Crippen LogP contribution in [0.25, 0.3) is 11.1 Å². The average molecular weight is 219 g/mol. The maximum atomic E-state index is 5.68. The monoisotopic (exact) mass is 219 g/mol. The van der Waals surface area contributed by atoms with E-state index in [9.17, 15) is 0 Å². The van der Waals surface area contributed by atoms with E-state index < -0.39 is 0 Å². The Bertz CT molecular complexity index is 450. The molecule has 0 spiro atoms. The van der Waals surface area contributed by atoms with Crippen molar-refractivity contribution < 1.29 is 4.74 Å². The van der Waals surface area contributed by atoms with E-state index in [1.165, 1.54) is 10.4 Å². The molecular weight excluding hydrogens is 206 g/mol. The third kappa shape index (κ3) is 2.03. The Labute approximate surface area is 93.3 Å². The molecule has 0 saturated carbocycles. The van der Waals surface area contributed by atoms with E-state index in [0.29, 0.717) is 6.54 Å². The molecule has 0 aliphatic carbocycles. The van der Waals surface area contributed by atoms with Gasteiger partial charge in [-0.2, -0.15) is 0 Å². The highest BCUT2D eigenvalue weighted by Crippen LogP contribution is 2.29. The van der Waals surface area contributed by atoms with E-state index in [1.807, 2.05) is 18.2 Å². The van der Waals surface area contributed by atoms with Crippen molar-refractivity contribution in [3.63, 3.8) is 0 Å². The van der Waals surface area contributed by atoms with Gasteiger partial charge < -0.3 is 10.5 Å². The number of benzene rings is 1. The summed E-state index contributed by atoms with van der Waals surface area (Å²) in [7, 11) is 1.68. The SMILES string of the molecule is COc1cccc(-c2ccsc2CN)c1. The maximum absolute atomic E-state index is 5.68. The second kappa shape index (κ2) is 4.47. The fraction of sp³-hybridized carbons (Fsp3) is 0.167. The molecule has 1 heterocycles. The summed E-state index contributed by atoms with van der Waals surface area (Å²) in [6, 6.07) is 10.1. The van der Waals surface area contributed by atoms with Crippen LogP contribution in [-0.2, 0) is 6.54 Å². The lowest BCUT2D eigenvalue weighted by Gasteiger charge is -2.04. The van der Waals surface area contributed by atoms with E-state index in [2.05, 4.69) is 17.5 Å². The fourth-order valence-electron chi connectivity index (χ4n) is 1.55. The summed E-state index contributed by atoms with van der Waals surface area (Å²) in [6.07, 6.45) is 0. The molecule has 2 N–H and O–H groups in total. The quantitative estimate of drug-likeness (QED) is 0.861. The Kier molecular flexibility index (Phi) is 3.04. The standard InChI is InChI=1S/C12H13NOS/c1-14-10-4-2-3-9(7-10)11-5-6-15-12(11)8-13/h2-7H,8,13H2,1H3. The molecule has 0 fully saturated rings.